The second-order valence-electron chi connectivity index (χ2n) is 3.81. The van der Waals surface area contributed by atoms with Crippen LogP contribution in [0.25, 0.3) is 0 Å². The normalized spacial score (nSPS) is 10.6. The van der Waals surface area contributed by atoms with Gasteiger partial charge in [-0.25, -0.2) is 4.79 Å². The molecule has 0 bridgehead atoms. The van der Waals surface area contributed by atoms with Crippen molar-refractivity contribution in [3.63, 3.8) is 0 Å². The van der Waals surface area contributed by atoms with Gasteiger partial charge in [0, 0.05) is 20.0 Å². The van der Waals surface area contributed by atoms with Crippen LogP contribution in [0.15, 0.2) is 6.33 Å². The van der Waals surface area contributed by atoms with E-state index in [0.29, 0.717) is 23.7 Å². The van der Waals surface area contributed by atoms with Crippen molar-refractivity contribution < 1.29 is 9.90 Å². The average Bonchev–Trinajstić information content (AvgIpc) is 2.86. The maximum atomic E-state index is 11.0. The van der Waals surface area contributed by atoms with Crippen molar-refractivity contribution in [2.75, 3.05) is 11.9 Å². The molecule has 8 heteroatoms. The molecule has 0 spiro atoms. The lowest BCUT2D eigenvalue weighted by Gasteiger charge is -2.04. The number of carboxylic acids is 1. The van der Waals surface area contributed by atoms with Gasteiger partial charge in [0.15, 0.2) is 0 Å². The van der Waals surface area contributed by atoms with Crippen molar-refractivity contribution in [1.82, 2.24) is 19.1 Å². The molecule has 18 heavy (non-hydrogen) atoms. The predicted octanol–water partition coefficient (Wildman–Crippen LogP) is 0.933. The molecule has 2 aromatic heterocycles. The zero-order valence-electron chi connectivity index (χ0n) is 10.0. The standard InChI is InChI=1S/C10H13N5O2S/c1-6-8(10(16)17)9(18-14-6)11-4-3-7-13-12-5-15(7)2/h5,11H,3-4H2,1-2H3,(H,16,17). The third kappa shape index (κ3) is 2.48. The maximum absolute atomic E-state index is 11.0. The van der Waals surface area contributed by atoms with Crippen LogP contribution in [0, 0.1) is 6.92 Å². The molecule has 2 heterocycles. The Morgan fingerprint density at radius 3 is 3.00 bits per heavy atom. The van der Waals surface area contributed by atoms with E-state index < -0.39 is 5.97 Å². The lowest BCUT2D eigenvalue weighted by molar-refractivity contribution is 0.0697. The Hall–Kier alpha value is -1.96. The molecule has 2 N–H and O–H groups in total. The molecular formula is C10H13N5O2S. The van der Waals surface area contributed by atoms with Crippen LogP contribution < -0.4 is 5.32 Å². The Balaban J connectivity index is 1.99. The number of anilines is 1. The third-order valence-corrected chi connectivity index (χ3v) is 3.41. The number of carbonyl (C=O) groups is 1. The van der Waals surface area contributed by atoms with Crippen LogP contribution in [-0.2, 0) is 13.5 Å². The van der Waals surface area contributed by atoms with Gasteiger partial charge in [0.25, 0.3) is 0 Å². The quantitative estimate of drug-likeness (QED) is 0.837. The molecular weight excluding hydrogens is 254 g/mol. The Labute approximate surface area is 108 Å². The molecule has 0 fully saturated rings. The van der Waals surface area contributed by atoms with Gasteiger partial charge in [-0.3, -0.25) is 0 Å². The first kappa shape index (κ1) is 12.5. The monoisotopic (exact) mass is 267 g/mol. The van der Waals surface area contributed by atoms with Gasteiger partial charge in [-0.2, -0.15) is 4.37 Å². The zero-order chi connectivity index (χ0) is 13.1. The largest absolute Gasteiger partial charge is 0.478 e. The highest BCUT2D eigenvalue weighted by atomic mass is 32.1. The van der Waals surface area contributed by atoms with Gasteiger partial charge in [-0.15, -0.1) is 10.2 Å². The number of aromatic nitrogens is 4. The first-order valence-corrected chi connectivity index (χ1v) is 6.13. The number of hydrogen-bond acceptors (Lipinski definition) is 6. The Morgan fingerprint density at radius 2 is 2.39 bits per heavy atom. The van der Waals surface area contributed by atoms with E-state index in [-0.39, 0.29) is 5.56 Å². The molecule has 0 saturated carbocycles. The summed E-state index contributed by atoms with van der Waals surface area (Å²) >= 11 is 1.16. The molecule has 0 aliphatic heterocycles. The van der Waals surface area contributed by atoms with Gasteiger partial charge in [0.1, 0.15) is 22.7 Å². The molecule has 0 unspecified atom stereocenters. The number of rotatable bonds is 5. The van der Waals surface area contributed by atoms with E-state index in [0.717, 1.165) is 17.4 Å². The molecule has 0 atom stereocenters. The molecule has 0 amide bonds. The number of aromatic carboxylic acids is 1. The van der Waals surface area contributed by atoms with E-state index in [2.05, 4.69) is 19.9 Å². The first-order valence-electron chi connectivity index (χ1n) is 5.36. The van der Waals surface area contributed by atoms with Gasteiger partial charge in [-0.05, 0) is 18.5 Å². The van der Waals surface area contributed by atoms with Gasteiger partial charge in [-0.1, -0.05) is 0 Å². The molecule has 0 aliphatic carbocycles. The van der Waals surface area contributed by atoms with Crippen LogP contribution in [0.5, 0.6) is 0 Å². The summed E-state index contributed by atoms with van der Waals surface area (Å²) in [6.45, 7) is 2.28. The van der Waals surface area contributed by atoms with Crippen LogP contribution in [-0.4, -0.2) is 36.8 Å². The Bertz CT molecular complexity index is 562. The minimum absolute atomic E-state index is 0.248. The van der Waals surface area contributed by atoms with E-state index in [9.17, 15) is 4.79 Å². The average molecular weight is 267 g/mol. The van der Waals surface area contributed by atoms with Crippen molar-refractivity contribution >= 4 is 22.5 Å². The second kappa shape index (κ2) is 5.13. The third-order valence-electron chi connectivity index (χ3n) is 2.52. The summed E-state index contributed by atoms with van der Waals surface area (Å²) in [5.74, 6) is -0.108. The summed E-state index contributed by atoms with van der Waals surface area (Å²) in [5.41, 5.74) is 0.784. The fraction of sp³-hybridized carbons (Fsp3) is 0.400. The first-order chi connectivity index (χ1) is 8.59. The van der Waals surface area contributed by atoms with E-state index >= 15 is 0 Å². The van der Waals surface area contributed by atoms with Gasteiger partial charge < -0.3 is 15.0 Å². The number of carboxylic acid groups (broad SMARTS) is 1. The number of aryl methyl sites for hydroxylation is 2. The number of nitrogens with one attached hydrogen (secondary N) is 1. The summed E-state index contributed by atoms with van der Waals surface area (Å²) in [6, 6.07) is 0. The van der Waals surface area contributed by atoms with Gasteiger partial charge >= 0.3 is 5.97 Å². The molecule has 7 nitrogen and oxygen atoms in total. The summed E-state index contributed by atoms with van der Waals surface area (Å²) in [7, 11) is 1.87. The molecule has 0 aromatic carbocycles. The Kier molecular flexibility index (Phi) is 3.56. The second-order valence-corrected chi connectivity index (χ2v) is 4.59. The fourth-order valence-corrected chi connectivity index (χ4v) is 2.38. The summed E-state index contributed by atoms with van der Waals surface area (Å²) in [5, 5.41) is 20.5. The zero-order valence-corrected chi connectivity index (χ0v) is 10.9. The highest BCUT2D eigenvalue weighted by Crippen LogP contribution is 2.24. The minimum atomic E-state index is -0.956. The molecule has 0 saturated heterocycles. The fourth-order valence-electron chi connectivity index (χ4n) is 1.56. The maximum Gasteiger partial charge on any atom is 0.340 e. The summed E-state index contributed by atoms with van der Waals surface area (Å²) in [4.78, 5) is 11.0. The SMILES string of the molecule is Cc1nsc(NCCc2nncn2C)c1C(=O)O. The van der Waals surface area contributed by atoms with Crippen LogP contribution in [0.2, 0.25) is 0 Å². The van der Waals surface area contributed by atoms with Crippen molar-refractivity contribution in [3.05, 3.63) is 23.4 Å². The smallest absolute Gasteiger partial charge is 0.340 e. The van der Waals surface area contributed by atoms with Crippen molar-refractivity contribution in [1.29, 1.82) is 0 Å². The molecule has 0 radical (unpaired) electrons. The molecule has 96 valence electrons. The van der Waals surface area contributed by atoms with Crippen LogP contribution in [0.3, 0.4) is 0 Å². The van der Waals surface area contributed by atoms with Crippen LogP contribution >= 0.6 is 11.5 Å². The van der Waals surface area contributed by atoms with E-state index in [1.54, 1.807) is 13.3 Å². The van der Waals surface area contributed by atoms with Crippen molar-refractivity contribution in [3.8, 4) is 0 Å². The lowest BCUT2D eigenvalue weighted by Crippen LogP contribution is -2.10. The number of hydrogen-bond donors (Lipinski definition) is 2. The summed E-state index contributed by atoms with van der Waals surface area (Å²) < 4.78 is 5.87. The van der Waals surface area contributed by atoms with E-state index in [4.69, 9.17) is 5.11 Å². The van der Waals surface area contributed by atoms with E-state index in [1.807, 2.05) is 11.6 Å². The highest BCUT2D eigenvalue weighted by molar-refractivity contribution is 7.10. The number of nitrogens with zero attached hydrogens (tertiary/aromatic N) is 4. The molecule has 2 aromatic rings. The van der Waals surface area contributed by atoms with Crippen LogP contribution in [0.1, 0.15) is 21.9 Å². The van der Waals surface area contributed by atoms with Crippen molar-refractivity contribution in [2.24, 2.45) is 7.05 Å². The molecule has 2 rings (SSSR count). The van der Waals surface area contributed by atoms with E-state index in [1.165, 1.54) is 0 Å². The Morgan fingerprint density at radius 1 is 1.61 bits per heavy atom. The van der Waals surface area contributed by atoms with Crippen LogP contribution in [0.4, 0.5) is 5.00 Å². The molecule has 0 aliphatic rings. The van der Waals surface area contributed by atoms with Gasteiger partial charge in [0.05, 0.1) is 5.69 Å². The topological polar surface area (TPSA) is 92.9 Å². The van der Waals surface area contributed by atoms with Gasteiger partial charge in [0.2, 0.25) is 0 Å². The minimum Gasteiger partial charge on any atom is -0.478 e. The lowest BCUT2D eigenvalue weighted by atomic mass is 10.2. The predicted molar refractivity (Wildman–Crippen MR) is 67.0 cm³/mol. The summed E-state index contributed by atoms with van der Waals surface area (Å²) in [6.07, 6.45) is 2.31. The highest BCUT2D eigenvalue weighted by Gasteiger charge is 2.17. The van der Waals surface area contributed by atoms with Crippen molar-refractivity contribution in [2.45, 2.75) is 13.3 Å².